The van der Waals surface area contributed by atoms with Crippen molar-refractivity contribution in [2.24, 2.45) is 11.8 Å². The molecule has 0 radical (unpaired) electrons. The van der Waals surface area contributed by atoms with E-state index in [0.29, 0.717) is 11.7 Å². The van der Waals surface area contributed by atoms with E-state index in [2.05, 4.69) is 0 Å². The molecule has 0 aromatic rings. The van der Waals surface area contributed by atoms with Crippen molar-refractivity contribution in [3.63, 3.8) is 0 Å². The molecule has 0 saturated heterocycles. The van der Waals surface area contributed by atoms with Gasteiger partial charge in [-0.1, -0.05) is 0 Å². The van der Waals surface area contributed by atoms with Gasteiger partial charge in [0.25, 0.3) is 5.91 Å². The minimum absolute atomic E-state index is 0.313. The Kier molecular flexibility index (Phi) is 3.10. The molecule has 0 aliphatic heterocycles. The van der Waals surface area contributed by atoms with Crippen LogP contribution in [-0.2, 0) is 4.79 Å². The number of amides is 1. The van der Waals surface area contributed by atoms with Crippen molar-refractivity contribution in [3.8, 4) is 0 Å². The molecule has 14 heavy (non-hydrogen) atoms. The van der Waals surface area contributed by atoms with Crippen molar-refractivity contribution in [1.29, 1.82) is 0 Å². The average Bonchev–Trinajstić information content (AvgIpc) is 2.85. The van der Waals surface area contributed by atoms with Crippen molar-refractivity contribution in [3.05, 3.63) is 0 Å². The quantitative estimate of drug-likeness (QED) is 0.323. The minimum Gasteiger partial charge on any atom is -0.298 e. The van der Waals surface area contributed by atoms with Crippen molar-refractivity contribution < 1.29 is 13.9 Å². The summed E-state index contributed by atoms with van der Waals surface area (Å²) in [6.07, 6.45) is 2.05. The van der Waals surface area contributed by atoms with E-state index < -0.39 is 21.2 Å². The van der Waals surface area contributed by atoms with Crippen molar-refractivity contribution in [2.45, 2.75) is 31.4 Å². The van der Waals surface area contributed by atoms with Crippen molar-refractivity contribution in [1.82, 2.24) is 5.43 Å². The number of nitrogens with one attached hydrogen (secondary N) is 1. The summed E-state index contributed by atoms with van der Waals surface area (Å²) in [7, 11) is -2.90. The zero-order chi connectivity index (χ0) is 11.0. The molecule has 0 spiro atoms. The second-order valence-electron chi connectivity index (χ2n) is 4.26. The van der Waals surface area contributed by atoms with Gasteiger partial charge in [0.1, 0.15) is 4.75 Å². The van der Waals surface area contributed by atoms with E-state index in [1.54, 1.807) is 0 Å². The van der Waals surface area contributed by atoms with Crippen LogP contribution in [0.5, 0.6) is 0 Å². The van der Waals surface area contributed by atoms with Crippen molar-refractivity contribution >= 4 is 16.5 Å². The average molecular weight is 222 g/mol. The second-order valence-corrected chi connectivity index (χ2v) is 6.95. The summed E-state index contributed by atoms with van der Waals surface area (Å²) in [5, 5.41) is 0. The summed E-state index contributed by atoms with van der Waals surface area (Å²) >= 11 is 0. The lowest BCUT2D eigenvalue weighted by molar-refractivity contribution is -0.123. The fourth-order valence-electron chi connectivity index (χ4n) is 1.14. The Balaban J connectivity index is 2.70. The van der Waals surface area contributed by atoms with Crippen LogP contribution in [0.25, 0.3) is 0 Å². The predicted octanol–water partition coefficient (Wildman–Crippen LogP) is 0.916. The zero-order valence-corrected chi connectivity index (χ0v) is 9.30. The summed E-state index contributed by atoms with van der Waals surface area (Å²) in [6, 6.07) is 0. The Hall–Kier alpha value is -0.300. The summed E-state index contributed by atoms with van der Waals surface area (Å²) in [5.74, 6) is 5.14. The third kappa shape index (κ3) is 2.20. The Morgan fingerprint density at radius 1 is 1.57 bits per heavy atom. The molecule has 1 rings (SSSR count). The number of hydrazine groups is 1. The lowest BCUT2D eigenvalue weighted by Gasteiger charge is -2.45. The molecule has 5 N–H and O–H groups in total. The third-order valence-electron chi connectivity index (χ3n) is 2.66. The SMILES string of the molecule is CC(C)(C(=O)NN)S(O)(O)CC1CC1. The number of hydrogen-bond donors (Lipinski definition) is 4. The van der Waals surface area contributed by atoms with Gasteiger partial charge in [0.15, 0.2) is 0 Å². The van der Waals surface area contributed by atoms with Crippen LogP contribution in [0.15, 0.2) is 0 Å². The number of nitrogens with two attached hydrogens (primary N) is 1. The molecular weight excluding hydrogens is 204 g/mol. The molecular formula is C8H18N2O3S. The molecule has 0 aromatic heterocycles. The van der Waals surface area contributed by atoms with Crippen LogP contribution in [0.3, 0.4) is 0 Å². The molecule has 0 heterocycles. The predicted molar refractivity (Wildman–Crippen MR) is 56.8 cm³/mol. The van der Waals surface area contributed by atoms with E-state index in [-0.39, 0.29) is 0 Å². The van der Waals surface area contributed by atoms with Gasteiger partial charge in [0.2, 0.25) is 0 Å². The first kappa shape index (κ1) is 11.8. The van der Waals surface area contributed by atoms with Crippen LogP contribution < -0.4 is 11.3 Å². The largest absolute Gasteiger partial charge is 0.298 e. The Bertz CT molecular complexity index is 239. The molecule has 1 aliphatic rings. The van der Waals surface area contributed by atoms with Gasteiger partial charge in [-0.25, -0.2) is 5.84 Å². The monoisotopic (exact) mass is 222 g/mol. The fraction of sp³-hybridized carbons (Fsp3) is 0.875. The molecule has 0 atom stereocenters. The lowest BCUT2D eigenvalue weighted by Crippen LogP contribution is -2.49. The van der Waals surface area contributed by atoms with E-state index in [4.69, 9.17) is 5.84 Å². The van der Waals surface area contributed by atoms with Crippen LogP contribution >= 0.6 is 10.6 Å². The Morgan fingerprint density at radius 2 is 2.07 bits per heavy atom. The Morgan fingerprint density at radius 3 is 2.43 bits per heavy atom. The van der Waals surface area contributed by atoms with E-state index >= 15 is 0 Å². The van der Waals surface area contributed by atoms with Gasteiger partial charge in [-0.05, 0) is 32.6 Å². The highest BCUT2D eigenvalue weighted by Crippen LogP contribution is 2.56. The molecule has 6 heteroatoms. The molecule has 0 aromatic carbocycles. The third-order valence-corrected chi connectivity index (χ3v) is 5.42. The highest BCUT2D eigenvalue weighted by molar-refractivity contribution is 8.26. The van der Waals surface area contributed by atoms with Crippen molar-refractivity contribution in [2.75, 3.05) is 5.75 Å². The molecule has 1 saturated carbocycles. The number of carbonyl (C=O) groups is 1. The van der Waals surface area contributed by atoms with Crippen LogP contribution in [0.4, 0.5) is 0 Å². The topological polar surface area (TPSA) is 95.6 Å². The summed E-state index contributed by atoms with van der Waals surface area (Å²) in [4.78, 5) is 11.3. The molecule has 84 valence electrons. The summed E-state index contributed by atoms with van der Waals surface area (Å²) in [5.41, 5.74) is 1.97. The Labute approximate surface area is 85.4 Å². The van der Waals surface area contributed by atoms with Crippen LogP contribution in [0.1, 0.15) is 26.7 Å². The maximum absolute atomic E-state index is 11.3. The number of hydrogen-bond acceptors (Lipinski definition) is 4. The highest BCUT2D eigenvalue weighted by Gasteiger charge is 2.43. The van der Waals surface area contributed by atoms with Gasteiger partial charge in [0.05, 0.1) is 0 Å². The molecule has 1 aliphatic carbocycles. The minimum atomic E-state index is -2.90. The van der Waals surface area contributed by atoms with Gasteiger partial charge in [-0.3, -0.25) is 19.3 Å². The molecule has 1 fully saturated rings. The van der Waals surface area contributed by atoms with Crippen LogP contribution in [0.2, 0.25) is 0 Å². The van der Waals surface area contributed by atoms with Gasteiger partial charge in [-0.2, -0.15) is 10.6 Å². The molecule has 0 unspecified atom stereocenters. The first-order valence-electron chi connectivity index (χ1n) is 4.58. The maximum Gasteiger partial charge on any atom is 0.258 e. The smallest absolute Gasteiger partial charge is 0.258 e. The van der Waals surface area contributed by atoms with E-state index in [1.165, 1.54) is 13.8 Å². The number of rotatable bonds is 4. The maximum atomic E-state index is 11.3. The van der Waals surface area contributed by atoms with E-state index in [0.717, 1.165) is 12.8 Å². The molecule has 1 amide bonds. The van der Waals surface area contributed by atoms with E-state index in [9.17, 15) is 13.9 Å². The van der Waals surface area contributed by atoms with E-state index in [1.807, 2.05) is 5.43 Å². The lowest BCUT2D eigenvalue weighted by atomic mass is 10.2. The normalized spacial score (nSPS) is 19.2. The fourth-order valence-corrected chi connectivity index (χ4v) is 2.91. The zero-order valence-electron chi connectivity index (χ0n) is 8.49. The molecule has 0 bridgehead atoms. The summed E-state index contributed by atoms with van der Waals surface area (Å²) < 4.78 is 18.5. The first-order chi connectivity index (χ1) is 6.31. The van der Waals surface area contributed by atoms with Gasteiger partial charge in [0, 0.05) is 5.75 Å². The van der Waals surface area contributed by atoms with Crippen LogP contribution in [-0.4, -0.2) is 25.5 Å². The van der Waals surface area contributed by atoms with Gasteiger partial charge in [-0.15, -0.1) is 0 Å². The number of carbonyl (C=O) groups excluding carboxylic acids is 1. The van der Waals surface area contributed by atoms with Gasteiger partial charge < -0.3 is 0 Å². The van der Waals surface area contributed by atoms with Gasteiger partial charge >= 0.3 is 0 Å². The molecule has 5 nitrogen and oxygen atoms in total. The second kappa shape index (κ2) is 3.69. The van der Waals surface area contributed by atoms with Crippen LogP contribution in [0, 0.1) is 5.92 Å². The summed E-state index contributed by atoms with van der Waals surface area (Å²) in [6.45, 7) is 3.01. The first-order valence-corrected chi connectivity index (χ1v) is 6.29. The highest BCUT2D eigenvalue weighted by atomic mass is 32.3. The standard InChI is InChI=1S/C8H18N2O3S/c1-8(2,7(11)10-9)14(12,13)5-6-3-4-6/h6,12-13H,3-5,9H2,1-2H3,(H,10,11).